The van der Waals surface area contributed by atoms with Crippen LogP contribution in [0.15, 0.2) is 9.52 Å². The van der Waals surface area contributed by atoms with Crippen molar-refractivity contribution in [3.05, 3.63) is 17.0 Å². The molecule has 0 atom stereocenters. The Morgan fingerprint density at radius 1 is 1.47 bits per heavy atom. The molecule has 0 bridgehead atoms. The number of rotatable bonds is 4. The molecule has 6 heteroatoms. The number of nitrogens with zero attached hydrogens (tertiary/aromatic N) is 2. The summed E-state index contributed by atoms with van der Waals surface area (Å²) in [7, 11) is 0. The molecule has 0 radical (unpaired) electrons. The summed E-state index contributed by atoms with van der Waals surface area (Å²) in [5.74, 6) is 1.35. The van der Waals surface area contributed by atoms with Crippen LogP contribution in [0.4, 0.5) is 0 Å². The van der Waals surface area contributed by atoms with Crippen LogP contribution in [0.2, 0.25) is 0 Å². The lowest BCUT2D eigenvalue weighted by Gasteiger charge is -2.08. The van der Waals surface area contributed by atoms with Crippen molar-refractivity contribution in [1.29, 1.82) is 0 Å². The smallest absolute Gasteiger partial charge is 0.188 e. The second kappa shape index (κ2) is 7.52. The van der Waals surface area contributed by atoms with E-state index in [1.807, 2.05) is 27.7 Å². The quantitative estimate of drug-likeness (QED) is 0.492. The van der Waals surface area contributed by atoms with Crippen molar-refractivity contribution >= 4 is 29.9 Å². The maximum absolute atomic E-state index is 5.69. The van der Waals surface area contributed by atoms with Gasteiger partial charge in [0, 0.05) is 18.2 Å². The molecule has 0 unspecified atom stereocenters. The Bertz CT molecular complexity index is 354. The van der Waals surface area contributed by atoms with E-state index in [0.29, 0.717) is 18.5 Å². The molecule has 1 aromatic heterocycles. The minimum absolute atomic E-state index is 0. The zero-order valence-corrected chi connectivity index (χ0v) is 13.1. The lowest BCUT2D eigenvalue weighted by Crippen LogP contribution is -2.36. The third kappa shape index (κ3) is 5.38. The van der Waals surface area contributed by atoms with Crippen LogP contribution < -0.4 is 11.1 Å². The van der Waals surface area contributed by atoms with Crippen LogP contribution in [-0.2, 0) is 6.42 Å². The first-order valence-corrected chi connectivity index (χ1v) is 5.49. The van der Waals surface area contributed by atoms with E-state index in [-0.39, 0.29) is 24.0 Å². The zero-order chi connectivity index (χ0) is 12.1. The maximum atomic E-state index is 5.69. The Hall–Kier alpha value is -0.790. The van der Waals surface area contributed by atoms with Crippen molar-refractivity contribution < 1.29 is 4.52 Å². The van der Waals surface area contributed by atoms with Crippen LogP contribution in [0.1, 0.15) is 30.9 Å². The van der Waals surface area contributed by atoms with Gasteiger partial charge in [0.05, 0.1) is 5.69 Å². The number of nitrogens with two attached hydrogens (primary N) is 1. The average molecular weight is 352 g/mol. The number of halogens is 1. The minimum Gasteiger partial charge on any atom is -0.370 e. The topological polar surface area (TPSA) is 76.4 Å². The molecule has 0 fully saturated rings. The summed E-state index contributed by atoms with van der Waals surface area (Å²) in [4.78, 5) is 4.24. The molecule has 1 heterocycles. The molecule has 1 aromatic rings. The van der Waals surface area contributed by atoms with Gasteiger partial charge >= 0.3 is 0 Å². The van der Waals surface area contributed by atoms with Crippen LogP contribution >= 0.6 is 24.0 Å². The molecule has 0 saturated carbocycles. The molecular formula is C11H21IN4O. The van der Waals surface area contributed by atoms with Gasteiger partial charge in [0.25, 0.3) is 0 Å². The molecular weight excluding hydrogens is 331 g/mol. The first-order valence-electron chi connectivity index (χ1n) is 5.49. The number of hydrogen-bond donors (Lipinski definition) is 2. The summed E-state index contributed by atoms with van der Waals surface area (Å²) in [6.07, 6.45) is 0.807. The van der Waals surface area contributed by atoms with E-state index in [0.717, 1.165) is 23.4 Å². The normalized spacial score (nSPS) is 11.5. The minimum atomic E-state index is 0. The Balaban J connectivity index is 0.00000256. The average Bonchev–Trinajstić information content (AvgIpc) is 2.47. The number of guanidine groups is 1. The van der Waals surface area contributed by atoms with E-state index in [1.54, 1.807) is 0 Å². The SMILES string of the molecule is Cc1noc(C)c1CCN=C(N)NC(C)C.I. The fourth-order valence-corrected chi connectivity index (χ4v) is 1.49. The first kappa shape index (κ1) is 16.2. The fourth-order valence-electron chi connectivity index (χ4n) is 1.49. The van der Waals surface area contributed by atoms with Crippen LogP contribution in [0, 0.1) is 13.8 Å². The molecule has 98 valence electrons. The van der Waals surface area contributed by atoms with Gasteiger partial charge in [0.15, 0.2) is 5.96 Å². The van der Waals surface area contributed by atoms with E-state index in [9.17, 15) is 0 Å². The van der Waals surface area contributed by atoms with E-state index < -0.39 is 0 Å². The maximum Gasteiger partial charge on any atom is 0.188 e. The third-order valence-electron chi connectivity index (χ3n) is 2.26. The van der Waals surface area contributed by atoms with Gasteiger partial charge in [-0.15, -0.1) is 24.0 Å². The third-order valence-corrected chi connectivity index (χ3v) is 2.26. The van der Waals surface area contributed by atoms with Crippen molar-refractivity contribution in [1.82, 2.24) is 10.5 Å². The van der Waals surface area contributed by atoms with Crippen LogP contribution in [-0.4, -0.2) is 23.7 Å². The number of aryl methyl sites for hydroxylation is 2. The molecule has 0 amide bonds. The predicted octanol–water partition coefficient (Wildman–Crippen LogP) is 1.76. The largest absolute Gasteiger partial charge is 0.370 e. The monoisotopic (exact) mass is 352 g/mol. The second-order valence-corrected chi connectivity index (χ2v) is 4.12. The van der Waals surface area contributed by atoms with Gasteiger partial charge in [0.2, 0.25) is 0 Å². The lowest BCUT2D eigenvalue weighted by molar-refractivity contribution is 0.392. The van der Waals surface area contributed by atoms with E-state index in [2.05, 4.69) is 15.5 Å². The van der Waals surface area contributed by atoms with Gasteiger partial charge in [-0.25, -0.2) is 0 Å². The Morgan fingerprint density at radius 3 is 2.59 bits per heavy atom. The number of hydrogen-bond acceptors (Lipinski definition) is 3. The zero-order valence-electron chi connectivity index (χ0n) is 10.8. The Kier molecular flexibility index (Phi) is 7.17. The highest BCUT2D eigenvalue weighted by Gasteiger charge is 2.07. The molecule has 3 N–H and O–H groups in total. The van der Waals surface area contributed by atoms with Gasteiger partial charge in [-0.1, -0.05) is 5.16 Å². The summed E-state index contributed by atoms with van der Waals surface area (Å²) in [5.41, 5.74) is 7.75. The molecule has 0 aliphatic rings. The highest BCUT2D eigenvalue weighted by atomic mass is 127. The highest BCUT2D eigenvalue weighted by Crippen LogP contribution is 2.12. The predicted molar refractivity (Wildman–Crippen MR) is 79.9 cm³/mol. The van der Waals surface area contributed by atoms with E-state index in [1.165, 1.54) is 0 Å². The molecule has 0 spiro atoms. The number of nitrogens with one attached hydrogen (secondary N) is 1. The van der Waals surface area contributed by atoms with Gasteiger partial charge < -0.3 is 15.6 Å². The van der Waals surface area contributed by atoms with Crippen molar-refractivity contribution in [3.63, 3.8) is 0 Å². The molecule has 0 aliphatic carbocycles. The van der Waals surface area contributed by atoms with Crippen LogP contribution in [0.25, 0.3) is 0 Å². The molecule has 1 rings (SSSR count). The summed E-state index contributed by atoms with van der Waals surface area (Å²) < 4.78 is 5.07. The first-order chi connectivity index (χ1) is 7.50. The van der Waals surface area contributed by atoms with Gasteiger partial charge in [0.1, 0.15) is 5.76 Å². The standard InChI is InChI=1S/C11H20N4O.HI/c1-7(2)14-11(12)13-6-5-10-8(3)15-16-9(10)4;/h7H,5-6H2,1-4H3,(H3,12,13,14);1H. The summed E-state index contributed by atoms with van der Waals surface area (Å²) in [6.45, 7) is 8.54. The molecule has 5 nitrogen and oxygen atoms in total. The van der Waals surface area contributed by atoms with Crippen LogP contribution in [0.5, 0.6) is 0 Å². The molecule has 0 saturated heterocycles. The summed E-state index contributed by atoms with van der Waals surface area (Å²) in [5, 5.41) is 6.93. The van der Waals surface area contributed by atoms with Crippen molar-refractivity contribution in [3.8, 4) is 0 Å². The summed E-state index contributed by atoms with van der Waals surface area (Å²) >= 11 is 0. The van der Waals surface area contributed by atoms with Crippen LogP contribution in [0.3, 0.4) is 0 Å². The Morgan fingerprint density at radius 2 is 2.12 bits per heavy atom. The highest BCUT2D eigenvalue weighted by molar-refractivity contribution is 14.0. The van der Waals surface area contributed by atoms with Gasteiger partial charge in [-0.3, -0.25) is 4.99 Å². The second-order valence-electron chi connectivity index (χ2n) is 4.12. The van der Waals surface area contributed by atoms with Crippen molar-refractivity contribution in [2.75, 3.05) is 6.54 Å². The summed E-state index contributed by atoms with van der Waals surface area (Å²) in [6, 6.07) is 0.308. The number of aromatic nitrogens is 1. The van der Waals surface area contributed by atoms with Crippen molar-refractivity contribution in [2.24, 2.45) is 10.7 Å². The van der Waals surface area contributed by atoms with Gasteiger partial charge in [-0.05, 0) is 34.1 Å². The van der Waals surface area contributed by atoms with E-state index >= 15 is 0 Å². The fraction of sp³-hybridized carbons (Fsp3) is 0.636. The van der Waals surface area contributed by atoms with E-state index in [4.69, 9.17) is 10.3 Å². The lowest BCUT2D eigenvalue weighted by atomic mass is 10.1. The van der Waals surface area contributed by atoms with Crippen molar-refractivity contribution in [2.45, 2.75) is 40.2 Å². The molecule has 0 aromatic carbocycles. The number of aliphatic imine (C=N–C) groups is 1. The molecule has 0 aliphatic heterocycles. The molecule has 17 heavy (non-hydrogen) atoms. The Labute approximate surface area is 119 Å². The van der Waals surface area contributed by atoms with Gasteiger partial charge in [-0.2, -0.15) is 0 Å².